The number of pyridine rings is 1. The molecule has 0 amide bonds. The van der Waals surface area contributed by atoms with Gasteiger partial charge in [-0.05, 0) is 19.1 Å². The molecule has 0 radical (unpaired) electrons. The Morgan fingerprint density at radius 3 is 2.81 bits per heavy atom. The van der Waals surface area contributed by atoms with Gasteiger partial charge in [-0.25, -0.2) is 9.36 Å². The van der Waals surface area contributed by atoms with Crippen LogP contribution in [-0.2, 0) is 0 Å². The number of carbonyl (C=O) groups excluding carboxylic acids is 1. The molecule has 6 heteroatoms. The molecule has 0 bridgehead atoms. The van der Waals surface area contributed by atoms with Crippen LogP contribution in [-0.4, -0.2) is 20.3 Å². The van der Waals surface area contributed by atoms with E-state index in [1.165, 1.54) is 6.92 Å². The molecule has 1 aromatic carbocycles. The number of carbonyl (C=O) groups is 1. The molecule has 0 atom stereocenters. The van der Waals surface area contributed by atoms with Crippen molar-refractivity contribution in [2.45, 2.75) is 6.92 Å². The molecule has 2 heterocycles. The molecule has 21 heavy (non-hydrogen) atoms. The lowest BCUT2D eigenvalue weighted by molar-refractivity contribution is 0.101. The zero-order valence-corrected chi connectivity index (χ0v) is 11.2. The topological polar surface area (TPSA) is 84.8 Å². The lowest BCUT2D eigenvalue weighted by atomic mass is 10.1. The third-order valence-electron chi connectivity index (χ3n) is 3.25. The van der Waals surface area contributed by atoms with Crippen LogP contribution in [0.5, 0.6) is 0 Å². The van der Waals surface area contributed by atoms with Gasteiger partial charge in [0.25, 0.3) is 5.56 Å². The zero-order chi connectivity index (χ0) is 15.0. The van der Waals surface area contributed by atoms with Crippen molar-refractivity contribution in [2.24, 2.45) is 0 Å². The van der Waals surface area contributed by atoms with E-state index < -0.39 is 17.0 Å². The Morgan fingerprint density at radius 2 is 2.05 bits per heavy atom. The fourth-order valence-corrected chi connectivity index (χ4v) is 2.24. The molecule has 0 saturated heterocycles. The molecule has 104 valence electrons. The second-order valence-corrected chi connectivity index (χ2v) is 4.58. The third-order valence-corrected chi connectivity index (χ3v) is 3.25. The van der Waals surface area contributed by atoms with Gasteiger partial charge in [-0.3, -0.25) is 14.6 Å². The summed E-state index contributed by atoms with van der Waals surface area (Å²) in [6.45, 7) is 1.28. The first kappa shape index (κ1) is 13.0. The number of nitrogens with zero attached hydrogens (tertiary/aromatic N) is 2. The molecule has 3 rings (SSSR count). The summed E-state index contributed by atoms with van der Waals surface area (Å²) in [6, 6.07) is 6.94. The highest BCUT2D eigenvalue weighted by molar-refractivity contribution is 5.94. The lowest BCUT2D eigenvalue weighted by Gasteiger charge is -2.08. The summed E-state index contributed by atoms with van der Waals surface area (Å²) in [7, 11) is 0. The predicted molar refractivity (Wildman–Crippen MR) is 78.0 cm³/mol. The average molecular weight is 281 g/mol. The fourth-order valence-electron chi connectivity index (χ4n) is 2.24. The van der Waals surface area contributed by atoms with Crippen LogP contribution < -0.4 is 11.2 Å². The van der Waals surface area contributed by atoms with Gasteiger partial charge in [-0.2, -0.15) is 0 Å². The number of hydrogen-bond acceptors (Lipinski definition) is 4. The van der Waals surface area contributed by atoms with Gasteiger partial charge >= 0.3 is 5.69 Å². The summed E-state index contributed by atoms with van der Waals surface area (Å²) in [4.78, 5) is 42.3. The molecule has 6 nitrogen and oxygen atoms in total. The maximum Gasteiger partial charge on any atom is 0.333 e. The number of nitrogens with one attached hydrogen (secondary N) is 1. The van der Waals surface area contributed by atoms with Gasteiger partial charge in [-0.15, -0.1) is 0 Å². The summed E-state index contributed by atoms with van der Waals surface area (Å²) in [5, 5.41) is 1.51. The average Bonchev–Trinajstić information content (AvgIpc) is 2.47. The standard InChI is InChI=1S/C15H11N3O3/c1-9(19)12-8-17-15(21)18(14(12)20)13-4-2-3-10-7-16-6-5-11(10)13/h2-8H,1H3,(H,17,21). The van der Waals surface area contributed by atoms with Gasteiger partial charge in [0, 0.05) is 29.4 Å². The molecule has 0 aliphatic rings. The Balaban J connectivity index is 2.44. The zero-order valence-electron chi connectivity index (χ0n) is 11.2. The first-order valence-electron chi connectivity index (χ1n) is 6.28. The van der Waals surface area contributed by atoms with Crippen molar-refractivity contribution in [2.75, 3.05) is 0 Å². The number of aromatic nitrogens is 3. The van der Waals surface area contributed by atoms with Crippen molar-refractivity contribution in [1.29, 1.82) is 0 Å². The maximum atomic E-state index is 12.4. The Bertz CT molecular complexity index is 964. The number of ketones is 1. The van der Waals surface area contributed by atoms with Crippen molar-refractivity contribution in [1.82, 2.24) is 14.5 Å². The second-order valence-electron chi connectivity index (χ2n) is 4.58. The van der Waals surface area contributed by atoms with E-state index in [1.54, 1.807) is 30.6 Å². The van der Waals surface area contributed by atoms with E-state index in [0.29, 0.717) is 11.1 Å². The highest BCUT2D eigenvalue weighted by Gasteiger charge is 2.14. The Hall–Kier alpha value is -3.02. The Labute approximate surface area is 118 Å². The maximum absolute atomic E-state index is 12.4. The molecule has 2 aromatic heterocycles. The number of benzene rings is 1. The van der Waals surface area contributed by atoms with Crippen molar-refractivity contribution >= 4 is 16.6 Å². The molecule has 3 aromatic rings. The summed E-state index contributed by atoms with van der Waals surface area (Å²) < 4.78 is 0.971. The number of rotatable bonds is 2. The van der Waals surface area contributed by atoms with Crippen LogP contribution in [0.3, 0.4) is 0 Å². The minimum atomic E-state index is -0.629. The third kappa shape index (κ3) is 2.06. The summed E-state index contributed by atoms with van der Waals surface area (Å²) in [6.07, 6.45) is 4.38. The van der Waals surface area contributed by atoms with E-state index >= 15 is 0 Å². The summed E-state index contributed by atoms with van der Waals surface area (Å²) in [5.41, 5.74) is -0.852. The lowest BCUT2D eigenvalue weighted by Crippen LogP contribution is -2.36. The van der Waals surface area contributed by atoms with Gasteiger partial charge in [0.1, 0.15) is 0 Å². The van der Waals surface area contributed by atoms with Crippen LogP contribution in [0.1, 0.15) is 17.3 Å². The number of H-pyrrole nitrogens is 1. The van der Waals surface area contributed by atoms with Gasteiger partial charge in [0.05, 0.1) is 11.3 Å². The van der Waals surface area contributed by atoms with E-state index in [4.69, 9.17) is 0 Å². The molecule has 0 aliphatic heterocycles. The Kier molecular flexibility index (Phi) is 2.98. The smallest absolute Gasteiger partial charge is 0.313 e. The predicted octanol–water partition coefficient (Wildman–Crippen LogP) is 1.28. The van der Waals surface area contributed by atoms with E-state index in [1.807, 2.05) is 6.07 Å². The fraction of sp³-hybridized carbons (Fsp3) is 0.0667. The van der Waals surface area contributed by atoms with Gasteiger partial charge in [0.15, 0.2) is 5.78 Å². The quantitative estimate of drug-likeness (QED) is 0.717. The molecular formula is C15H11N3O3. The second kappa shape index (κ2) is 4.82. The van der Waals surface area contributed by atoms with Crippen LogP contribution in [0.25, 0.3) is 16.5 Å². The Morgan fingerprint density at radius 1 is 1.24 bits per heavy atom. The molecular weight excluding hydrogens is 270 g/mol. The molecule has 1 N–H and O–H groups in total. The highest BCUT2D eigenvalue weighted by atomic mass is 16.2. The molecule has 0 spiro atoms. The van der Waals surface area contributed by atoms with E-state index in [0.717, 1.165) is 16.2 Å². The van der Waals surface area contributed by atoms with E-state index in [2.05, 4.69) is 9.97 Å². The largest absolute Gasteiger partial charge is 0.333 e. The van der Waals surface area contributed by atoms with Crippen molar-refractivity contribution in [3.05, 3.63) is 69.3 Å². The van der Waals surface area contributed by atoms with E-state index in [9.17, 15) is 14.4 Å². The van der Waals surface area contributed by atoms with E-state index in [-0.39, 0.29) is 5.56 Å². The summed E-state index contributed by atoms with van der Waals surface area (Å²) >= 11 is 0. The van der Waals surface area contributed by atoms with Gasteiger partial charge in [0.2, 0.25) is 0 Å². The monoisotopic (exact) mass is 281 g/mol. The first-order chi connectivity index (χ1) is 10.1. The normalized spacial score (nSPS) is 10.7. The number of Topliss-reactive ketones (excluding diaryl/α,β-unsaturated/α-hetero) is 1. The van der Waals surface area contributed by atoms with Crippen LogP contribution >= 0.6 is 0 Å². The van der Waals surface area contributed by atoms with Crippen LogP contribution in [0.2, 0.25) is 0 Å². The number of hydrogen-bond donors (Lipinski definition) is 1. The van der Waals surface area contributed by atoms with Gasteiger partial charge in [-0.1, -0.05) is 12.1 Å². The molecule has 0 unspecified atom stereocenters. The number of aromatic amines is 1. The minimum absolute atomic E-state index is 0.0549. The number of fused-ring (bicyclic) bond motifs is 1. The first-order valence-corrected chi connectivity index (χ1v) is 6.28. The van der Waals surface area contributed by atoms with Crippen molar-refractivity contribution < 1.29 is 4.79 Å². The van der Waals surface area contributed by atoms with Crippen molar-refractivity contribution in [3.8, 4) is 5.69 Å². The summed E-state index contributed by atoms with van der Waals surface area (Å²) in [5.74, 6) is -0.396. The van der Waals surface area contributed by atoms with Crippen LogP contribution in [0.15, 0.2) is 52.4 Å². The SMILES string of the molecule is CC(=O)c1c[nH]c(=O)n(-c2cccc3cnccc23)c1=O. The van der Waals surface area contributed by atoms with Crippen molar-refractivity contribution in [3.63, 3.8) is 0 Å². The molecule has 0 aliphatic carbocycles. The highest BCUT2D eigenvalue weighted by Crippen LogP contribution is 2.19. The minimum Gasteiger partial charge on any atom is -0.313 e. The molecule has 0 fully saturated rings. The van der Waals surface area contributed by atoms with Crippen LogP contribution in [0.4, 0.5) is 0 Å². The van der Waals surface area contributed by atoms with Gasteiger partial charge < -0.3 is 4.98 Å². The van der Waals surface area contributed by atoms with Crippen LogP contribution in [0, 0.1) is 0 Å². The molecule has 0 saturated carbocycles.